The Hall–Kier alpha value is -1.65. The predicted octanol–water partition coefficient (Wildman–Crippen LogP) is 3.84. The summed E-state index contributed by atoms with van der Waals surface area (Å²) in [6, 6.07) is 4.21. The minimum atomic E-state index is -0.390. The molecule has 2 aromatic rings. The molecular weight excluding hydrogens is 294 g/mol. The first kappa shape index (κ1) is 16.7. The lowest BCUT2D eigenvalue weighted by atomic mass is 9.85. The highest BCUT2D eigenvalue weighted by molar-refractivity contribution is 7.14. The Bertz CT molecular complexity index is 731. The summed E-state index contributed by atoms with van der Waals surface area (Å²) in [5.41, 5.74) is 12.0. The number of benzene rings is 1. The van der Waals surface area contributed by atoms with Crippen LogP contribution < -0.4 is 5.73 Å². The second-order valence-electron chi connectivity index (χ2n) is 5.98. The van der Waals surface area contributed by atoms with Gasteiger partial charge in [0, 0.05) is 23.0 Å². The minimum Gasteiger partial charge on any atom is -0.396 e. The summed E-state index contributed by atoms with van der Waals surface area (Å²) in [6.07, 6.45) is 0. The van der Waals surface area contributed by atoms with Crippen molar-refractivity contribution in [3.63, 3.8) is 0 Å². The van der Waals surface area contributed by atoms with E-state index in [0.29, 0.717) is 4.88 Å². The molecule has 1 unspecified atom stereocenters. The maximum atomic E-state index is 11.9. The molecule has 4 heteroatoms. The maximum Gasteiger partial charge on any atom is 0.259 e. The maximum absolute atomic E-state index is 11.9. The average Bonchev–Trinajstić information content (AvgIpc) is 2.74. The lowest BCUT2D eigenvalue weighted by molar-refractivity contribution is 0.100. The average molecular weight is 317 g/mol. The number of aliphatic hydroxyl groups is 1. The molecule has 1 amide bonds. The largest absolute Gasteiger partial charge is 0.396 e. The SMILES string of the molecule is Cc1cc(C)c(-c2c(C(N)=O)sc(C)c2C)c(C(C)CO)c1. The van der Waals surface area contributed by atoms with Crippen LogP contribution in [0, 0.1) is 27.7 Å². The van der Waals surface area contributed by atoms with Crippen LogP contribution in [-0.4, -0.2) is 17.6 Å². The quantitative estimate of drug-likeness (QED) is 0.900. The van der Waals surface area contributed by atoms with E-state index in [1.807, 2.05) is 34.6 Å². The van der Waals surface area contributed by atoms with E-state index in [1.165, 1.54) is 11.3 Å². The lowest BCUT2D eigenvalue weighted by Gasteiger charge is -2.19. The van der Waals surface area contributed by atoms with Crippen molar-refractivity contribution in [2.75, 3.05) is 6.61 Å². The first-order valence-electron chi connectivity index (χ1n) is 7.40. The van der Waals surface area contributed by atoms with Crippen molar-refractivity contribution < 1.29 is 9.90 Å². The number of aliphatic hydroxyl groups excluding tert-OH is 1. The fraction of sp³-hybridized carbons (Fsp3) is 0.389. The third kappa shape index (κ3) is 2.81. The summed E-state index contributed by atoms with van der Waals surface area (Å²) < 4.78 is 0. The predicted molar refractivity (Wildman–Crippen MR) is 92.7 cm³/mol. The molecule has 0 fully saturated rings. The molecule has 0 aliphatic rings. The van der Waals surface area contributed by atoms with Gasteiger partial charge in [-0.15, -0.1) is 11.3 Å². The molecule has 0 aliphatic heterocycles. The molecule has 1 atom stereocenters. The number of aryl methyl sites for hydroxylation is 3. The summed E-state index contributed by atoms with van der Waals surface area (Å²) >= 11 is 1.45. The molecule has 22 heavy (non-hydrogen) atoms. The van der Waals surface area contributed by atoms with Gasteiger partial charge in [-0.2, -0.15) is 0 Å². The van der Waals surface area contributed by atoms with Crippen LogP contribution in [0.5, 0.6) is 0 Å². The van der Waals surface area contributed by atoms with Crippen molar-refractivity contribution >= 4 is 17.2 Å². The Labute approximate surface area is 135 Å². The Balaban J connectivity index is 2.86. The van der Waals surface area contributed by atoms with Gasteiger partial charge in [0.15, 0.2) is 0 Å². The Kier molecular flexibility index (Phi) is 4.73. The van der Waals surface area contributed by atoms with Gasteiger partial charge in [0.1, 0.15) is 0 Å². The fourth-order valence-electron chi connectivity index (χ4n) is 2.93. The highest BCUT2D eigenvalue weighted by atomic mass is 32.1. The Morgan fingerprint density at radius 2 is 1.86 bits per heavy atom. The van der Waals surface area contributed by atoms with E-state index in [9.17, 15) is 9.90 Å². The van der Waals surface area contributed by atoms with Crippen LogP contribution in [0.2, 0.25) is 0 Å². The Morgan fingerprint density at radius 3 is 2.41 bits per heavy atom. The summed E-state index contributed by atoms with van der Waals surface area (Å²) in [5.74, 6) is -0.382. The Morgan fingerprint density at radius 1 is 1.23 bits per heavy atom. The molecule has 0 aliphatic carbocycles. The molecule has 3 N–H and O–H groups in total. The third-order valence-electron chi connectivity index (χ3n) is 4.17. The summed E-state index contributed by atoms with van der Waals surface area (Å²) in [4.78, 5) is 13.6. The zero-order valence-electron chi connectivity index (χ0n) is 13.8. The van der Waals surface area contributed by atoms with Gasteiger partial charge in [-0.3, -0.25) is 4.79 Å². The number of thiophene rings is 1. The van der Waals surface area contributed by atoms with Crippen LogP contribution >= 0.6 is 11.3 Å². The standard InChI is InChI=1S/C18H23NO2S/c1-9-6-10(2)15(14(7-9)11(3)8-20)16-12(4)13(5)22-17(16)18(19)21/h6-7,11,20H,8H2,1-5H3,(H2,19,21). The van der Waals surface area contributed by atoms with Crippen LogP contribution in [0.25, 0.3) is 11.1 Å². The molecule has 118 valence electrons. The number of nitrogens with two attached hydrogens (primary N) is 1. The van der Waals surface area contributed by atoms with Gasteiger partial charge in [0.25, 0.3) is 5.91 Å². The first-order chi connectivity index (χ1) is 10.3. The van der Waals surface area contributed by atoms with E-state index in [1.54, 1.807) is 0 Å². The molecule has 0 bridgehead atoms. The summed E-state index contributed by atoms with van der Waals surface area (Å²) in [6.45, 7) is 10.2. The highest BCUT2D eigenvalue weighted by Gasteiger charge is 2.23. The number of carbonyl (C=O) groups excluding carboxylic acids is 1. The van der Waals surface area contributed by atoms with E-state index in [4.69, 9.17) is 5.73 Å². The van der Waals surface area contributed by atoms with Crippen molar-refractivity contribution in [1.29, 1.82) is 0 Å². The molecule has 2 rings (SSSR count). The molecule has 0 radical (unpaired) electrons. The lowest BCUT2D eigenvalue weighted by Crippen LogP contribution is -2.12. The van der Waals surface area contributed by atoms with Crippen molar-refractivity contribution in [3.05, 3.63) is 44.1 Å². The number of rotatable bonds is 4. The van der Waals surface area contributed by atoms with Crippen molar-refractivity contribution in [2.45, 2.75) is 40.5 Å². The van der Waals surface area contributed by atoms with Crippen LogP contribution in [0.15, 0.2) is 12.1 Å². The van der Waals surface area contributed by atoms with Gasteiger partial charge < -0.3 is 10.8 Å². The summed E-state index contributed by atoms with van der Waals surface area (Å²) in [7, 11) is 0. The van der Waals surface area contributed by atoms with Gasteiger partial charge in [-0.1, -0.05) is 24.6 Å². The second kappa shape index (κ2) is 6.23. The molecule has 1 heterocycles. The molecule has 1 aromatic heterocycles. The number of primary amides is 1. The monoisotopic (exact) mass is 317 g/mol. The van der Waals surface area contributed by atoms with Crippen LogP contribution in [0.1, 0.15) is 49.6 Å². The van der Waals surface area contributed by atoms with Gasteiger partial charge >= 0.3 is 0 Å². The van der Waals surface area contributed by atoms with Gasteiger partial charge in [0.2, 0.25) is 0 Å². The van der Waals surface area contributed by atoms with Crippen LogP contribution in [0.4, 0.5) is 0 Å². The molecule has 0 saturated heterocycles. The zero-order valence-corrected chi connectivity index (χ0v) is 14.6. The smallest absolute Gasteiger partial charge is 0.259 e. The van der Waals surface area contributed by atoms with E-state index < -0.39 is 5.91 Å². The van der Waals surface area contributed by atoms with Crippen molar-refractivity contribution in [2.24, 2.45) is 5.73 Å². The molecule has 0 spiro atoms. The van der Waals surface area contributed by atoms with Crippen molar-refractivity contribution in [3.8, 4) is 11.1 Å². The van der Waals surface area contributed by atoms with E-state index in [-0.39, 0.29) is 12.5 Å². The fourth-order valence-corrected chi connectivity index (χ4v) is 3.95. The number of amides is 1. The van der Waals surface area contributed by atoms with Crippen LogP contribution in [-0.2, 0) is 0 Å². The normalized spacial score (nSPS) is 12.5. The van der Waals surface area contributed by atoms with E-state index in [2.05, 4.69) is 12.1 Å². The molecule has 0 saturated carbocycles. The topological polar surface area (TPSA) is 63.3 Å². The van der Waals surface area contributed by atoms with Gasteiger partial charge in [0.05, 0.1) is 4.88 Å². The van der Waals surface area contributed by atoms with Gasteiger partial charge in [-0.25, -0.2) is 0 Å². The van der Waals surface area contributed by atoms with E-state index >= 15 is 0 Å². The molecule has 1 aromatic carbocycles. The highest BCUT2D eigenvalue weighted by Crippen LogP contribution is 2.41. The number of hydrogen-bond donors (Lipinski definition) is 2. The molecular formula is C18H23NO2S. The number of hydrogen-bond acceptors (Lipinski definition) is 3. The van der Waals surface area contributed by atoms with Gasteiger partial charge in [-0.05, 0) is 49.9 Å². The zero-order chi connectivity index (χ0) is 16.6. The van der Waals surface area contributed by atoms with Crippen molar-refractivity contribution in [1.82, 2.24) is 0 Å². The first-order valence-corrected chi connectivity index (χ1v) is 8.21. The third-order valence-corrected chi connectivity index (χ3v) is 5.40. The summed E-state index contributed by atoms with van der Waals surface area (Å²) in [5, 5.41) is 9.61. The van der Waals surface area contributed by atoms with E-state index in [0.717, 1.165) is 38.3 Å². The van der Waals surface area contributed by atoms with Crippen LogP contribution in [0.3, 0.4) is 0 Å². The number of carbonyl (C=O) groups is 1. The second-order valence-corrected chi connectivity index (χ2v) is 7.21. The minimum absolute atomic E-state index is 0.00827. The molecule has 3 nitrogen and oxygen atoms in total.